The van der Waals surface area contributed by atoms with E-state index >= 15 is 4.39 Å². The Bertz CT molecular complexity index is 1510. The summed E-state index contributed by atoms with van der Waals surface area (Å²) in [6.45, 7) is 5.99. The van der Waals surface area contributed by atoms with Crippen molar-refractivity contribution in [2.24, 2.45) is 23.2 Å². The fourth-order valence-corrected chi connectivity index (χ4v) is 9.92. The number of rotatable bonds is 15. The molecule has 6 rings (SSSR count). The highest BCUT2D eigenvalue weighted by atomic mass is 19.1. The molecule has 4 nitrogen and oxygen atoms in total. The van der Waals surface area contributed by atoms with Gasteiger partial charge >= 0.3 is 0 Å². The summed E-state index contributed by atoms with van der Waals surface area (Å²) in [5.41, 5.74) is 5.28. The van der Waals surface area contributed by atoms with Crippen molar-refractivity contribution >= 4 is 5.91 Å². The van der Waals surface area contributed by atoms with E-state index in [2.05, 4.69) is 55.1 Å². The lowest BCUT2D eigenvalue weighted by atomic mass is 9.51. The number of aliphatic hydroxyl groups is 1. The Labute approximate surface area is 294 Å². The normalized spacial score (nSPS) is 27.3. The Hall–Kier alpha value is -3.18. The van der Waals surface area contributed by atoms with Crippen molar-refractivity contribution in [1.82, 2.24) is 4.90 Å². The number of aliphatic hydroxyl groups excluding tert-OH is 1. The molecule has 3 aliphatic rings. The minimum atomic E-state index is -0.965. The Morgan fingerprint density at radius 1 is 0.878 bits per heavy atom. The SMILES string of the molecule is CCCCCCN(CCCCCC[C@@H]1Cc2cc(O)ccc2C2C1C1CC[C@H](O)[C@@]1(C)C[C@@H]2F)C(=O)Cc1ccc(-c2ccccc2)cc1. The van der Waals surface area contributed by atoms with Crippen LogP contribution in [0.3, 0.4) is 0 Å². The first-order chi connectivity index (χ1) is 23.8. The molecule has 2 N–H and O–H groups in total. The van der Waals surface area contributed by atoms with Crippen LogP contribution in [0.5, 0.6) is 5.75 Å². The predicted octanol–water partition coefficient (Wildman–Crippen LogP) is 10.1. The fourth-order valence-electron chi connectivity index (χ4n) is 9.92. The van der Waals surface area contributed by atoms with Crippen LogP contribution in [-0.4, -0.2) is 46.4 Å². The molecule has 3 unspecified atom stereocenters. The molecule has 3 aromatic rings. The van der Waals surface area contributed by atoms with Gasteiger partial charge in [-0.15, -0.1) is 0 Å². The lowest BCUT2D eigenvalue weighted by Gasteiger charge is -2.54. The number of benzene rings is 3. The van der Waals surface area contributed by atoms with Gasteiger partial charge in [0.1, 0.15) is 11.9 Å². The lowest BCUT2D eigenvalue weighted by molar-refractivity contribution is -0.130. The number of alkyl halides is 1. The molecule has 0 spiro atoms. The maximum atomic E-state index is 16.1. The molecule has 7 atom stereocenters. The second-order valence-electron chi connectivity index (χ2n) is 15.8. The summed E-state index contributed by atoms with van der Waals surface area (Å²) in [6.07, 6.45) is 12.0. The van der Waals surface area contributed by atoms with Crippen LogP contribution in [0.25, 0.3) is 11.1 Å². The Kier molecular flexibility index (Phi) is 11.8. The molecule has 1 amide bonds. The van der Waals surface area contributed by atoms with Crippen LogP contribution >= 0.6 is 0 Å². The van der Waals surface area contributed by atoms with Crippen LogP contribution in [0.15, 0.2) is 72.8 Å². The second kappa shape index (κ2) is 16.2. The molecule has 3 aromatic carbocycles. The first-order valence-corrected chi connectivity index (χ1v) is 19.3. The predicted molar refractivity (Wildman–Crippen MR) is 197 cm³/mol. The van der Waals surface area contributed by atoms with Crippen LogP contribution in [0, 0.1) is 23.2 Å². The highest BCUT2D eigenvalue weighted by molar-refractivity contribution is 5.79. The molecule has 0 radical (unpaired) electrons. The highest BCUT2D eigenvalue weighted by Crippen LogP contribution is 2.63. The molecule has 0 heterocycles. The maximum Gasteiger partial charge on any atom is 0.226 e. The number of aromatic hydroxyl groups is 1. The zero-order valence-corrected chi connectivity index (χ0v) is 29.8. The van der Waals surface area contributed by atoms with Gasteiger partial charge in [-0.2, -0.15) is 0 Å². The van der Waals surface area contributed by atoms with Crippen molar-refractivity contribution in [3.63, 3.8) is 0 Å². The van der Waals surface area contributed by atoms with E-state index in [4.69, 9.17) is 0 Å². The molecule has 3 aliphatic carbocycles. The Morgan fingerprint density at radius 3 is 2.31 bits per heavy atom. The Balaban J connectivity index is 1.03. The summed E-state index contributed by atoms with van der Waals surface area (Å²) in [7, 11) is 0. The number of hydrogen-bond acceptors (Lipinski definition) is 3. The van der Waals surface area contributed by atoms with E-state index in [9.17, 15) is 15.0 Å². The van der Waals surface area contributed by atoms with Gasteiger partial charge in [0.2, 0.25) is 5.91 Å². The molecule has 0 bridgehead atoms. The maximum absolute atomic E-state index is 16.1. The Morgan fingerprint density at radius 2 is 1.57 bits per heavy atom. The number of hydrogen-bond donors (Lipinski definition) is 2. The van der Waals surface area contributed by atoms with E-state index in [0.717, 1.165) is 94.0 Å². The first-order valence-electron chi connectivity index (χ1n) is 19.3. The topological polar surface area (TPSA) is 60.8 Å². The minimum Gasteiger partial charge on any atom is -0.508 e. The number of nitrogens with zero attached hydrogens (tertiary/aromatic N) is 1. The largest absolute Gasteiger partial charge is 0.508 e. The van der Waals surface area contributed by atoms with Crippen LogP contribution in [0.1, 0.15) is 114 Å². The summed E-state index contributed by atoms with van der Waals surface area (Å²) < 4.78 is 16.1. The van der Waals surface area contributed by atoms with E-state index < -0.39 is 12.3 Å². The third-order valence-corrected chi connectivity index (χ3v) is 12.6. The molecule has 2 saturated carbocycles. The van der Waals surface area contributed by atoms with E-state index in [-0.39, 0.29) is 28.9 Å². The van der Waals surface area contributed by atoms with Gasteiger partial charge in [0, 0.05) is 19.0 Å². The third kappa shape index (κ3) is 8.08. The minimum absolute atomic E-state index is 0.139. The van der Waals surface area contributed by atoms with Gasteiger partial charge in [0.05, 0.1) is 12.5 Å². The molecule has 264 valence electrons. The van der Waals surface area contributed by atoms with Crippen molar-refractivity contribution in [3.05, 3.63) is 89.5 Å². The first kappa shape index (κ1) is 35.6. The molecule has 0 saturated heterocycles. The number of fused-ring (bicyclic) bond motifs is 5. The van der Waals surface area contributed by atoms with Gasteiger partial charge in [-0.25, -0.2) is 4.39 Å². The standard InChI is InChI=1S/C44H58FNO3/c1-3-4-5-12-25-46(41(49)27-31-17-19-33(20-18-31)32-14-10-8-11-15-32)26-13-7-6-9-16-34-28-35-29-36(47)21-22-37(35)43-39(45)30-44(2)38(42(34)43)23-24-40(44)48/h8,10-11,14-15,17-22,29,34,38-40,42-43,47-48H,3-7,9,12-13,16,23-28,30H2,1-2H3/t34-,38?,39+,40+,42?,43?,44+/m1/s1. The van der Waals surface area contributed by atoms with Crippen LogP contribution in [0.4, 0.5) is 4.39 Å². The van der Waals surface area contributed by atoms with Crippen LogP contribution < -0.4 is 0 Å². The van der Waals surface area contributed by atoms with Crippen LogP contribution in [0.2, 0.25) is 0 Å². The average molecular weight is 668 g/mol. The number of amides is 1. The highest BCUT2D eigenvalue weighted by Gasteiger charge is 2.59. The molecule has 2 fully saturated rings. The lowest BCUT2D eigenvalue weighted by Crippen LogP contribution is -2.51. The molecular formula is C44H58FNO3. The number of phenols is 1. The smallest absolute Gasteiger partial charge is 0.226 e. The average Bonchev–Trinajstić information content (AvgIpc) is 3.40. The van der Waals surface area contributed by atoms with Gasteiger partial charge in [-0.05, 0) is 108 Å². The second-order valence-corrected chi connectivity index (χ2v) is 15.8. The van der Waals surface area contributed by atoms with E-state index in [1.54, 1.807) is 6.07 Å². The van der Waals surface area contributed by atoms with Gasteiger partial charge in [0.15, 0.2) is 0 Å². The van der Waals surface area contributed by atoms with Crippen LogP contribution in [-0.2, 0) is 17.6 Å². The monoisotopic (exact) mass is 667 g/mol. The number of halogens is 1. The van der Waals surface area contributed by atoms with Crippen molar-refractivity contribution in [2.75, 3.05) is 13.1 Å². The van der Waals surface area contributed by atoms with E-state index in [1.165, 1.54) is 24.0 Å². The number of carbonyl (C=O) groups is 1. The summed E-state index contributed by atoms with van der Waals surface area (Å²) in [5.74, 6) is 1.28. The van der Waals surface area contributed by atoms with E-state index in [1.807, 2.05) is 30.3 Å². The molecule has 0 aromatic heterocycles. The van der Waals surface area contributed by atoms with Crippen molar-refractivity contribution in [3.8, 4) is 16.9 Å². The molecular weight excluding hydrogens is 609 g/mol. The zero-order valence-electron chi connectivity index (χ0n) is 29.8. The number of phenolic OH excluding ortho intramolecular Hbond substituents is 1. The fraction of sp³-hybridized carbons (Fsp3) is 0.568. The summed E-state index contributed by atoms with van der Waals surface area (Å²) >= 11 is 0. The number of carbonyl (C=O) groups excluding carboxylic acids is 1. The molecule has 0 aliphatic heterocycles. The molecule has 5 heteroatoms. The van der Waals surface area contributed by atoms with Gasteiger partial charge in [-0.3, -0.25) is 4.79 Å². The summed E-state index contributed by atoms with van der Waals surface area (Å²) in [6, 6.07) is 24.3. The van der Waals surface area contributed by atoms with Gasteiger partial charge in [0.25, 0.3) is 0 Å². The zero-order chi connectivity index (χ0) is 34.4. The van der Waals surface area contributed by atoms with Gasteiger partial charge in [-0.1, -0.05) is 113 Å². The van der Waals surface area contributed by atoms with Gasteiger partial charge < -0.3 is 15.1 Å². The van der Waals surface area contributed by atoms with Crippen molar-refractivity contribution in [1.29, 1.82) is 0 Å². The van der Waals surface area contributed by atoms with E-state index in [0.29, 0.717) is 24.7 Å². The summed E-state index contributed by atoms with van der Waals surface area (Å²) in [5, 5.41) is 21.2. The quantitative estimate of drug-likeness (QED) is 0.159. The van der Waals surface area contributed by atoms with Crippen molar-refractivity contribution < 1.29 is 19.4 Å². The molecule has 49 heavy (non-hydrogen) atoms. The number of unbranched alkanes of at least 4 members (excludes halogenated alkanes) is 6. The summed E-state index contributed by atoms with van der Waals surface area (Å²) in [4.78, 5) is 15.6. The van der Waals surface area contributed by atoms with Crippen molar-refractivity contribution in [2.45, 2.75) is 122 Å². The third-order valence-electron chi connectivity index (χ3n) is 12.6.